The number of hydrogen-bond acceptors (Lipinski definition) is 4. The van der Waals surface area contributed by atoms with Crippen molar-refractivity contribution in [1.82, 2.24) is 5.32 Å². The molecule has 7 aliphatic rings. The summed E-state index contributed by atoms with van der Waals surface area (Å²) in [6, 6.07) is 0. The number of allylic oxidation sites excluding steroid dienone is 2. The first-order valence-electron chi connectivity index (χ1n) is 20.9. The SMILES string of the molecule is CC(C)C1=C2C3CCC4C(C)(CCC5C(C)(C)C(CC(=O)C6CC(C(=O)O)C6C)CCC54C)C3CCC2(CCNCC2CCCC2)CC1=O. The molecule has 274 valence electrons. The number of carbonyl (C=O) groups is 3. The third kappa shape index (κ3) is 5.67. The highest BCUT2D eigenvalue weighted by Crippen LogP contribution is 2.74. The third-order valence-corrected chi connectivity index (χ3v) is 17.6. The Morgan fingerprint density at radius 2 is 1.59 bits per heavy atom. The molecule has 0 heterocycles. The molecule has 49 heavy (non-hydrogen) atoms. The van der Waals surface area contributed by atoms with Gasteiger partial charge >= 0.3 is 5.97 Å². The summed E-state index contributed by atoms with van der Waals surface area (Å²) in [5.41, 5.74) is 3.62. The zero-order valence-corrected chi connectivity index (χ0v) is 32.2. The predicted molar refractivity (Wildman–Crippen MR) is 196 cm³/mol. The van der Waals surface area contributed by atoms with Gasteiger partial charge in [-0.3, -0.25) is 14.4 Å². The van der Waals surface area contributed by atoms with Crippen LogP contribution in [0.2, 0.25) is 0 Å². The fourth-order valence-electron chi connectivity index (χ4n) is 15.0. The summed E-state index contributed by atoms with van der Waals surface area (Å²) in [6.07, 6.45) is 18.4. The van der Waals surface area contributed by atoms with Crippen molar-refractivity contribution in [3.05, 3.63) is 11.1 Å². The van der Waals surface area contributed by atoms with E-state index < -0.39 is 5.97 Å². The van der Waals surface area contributed by atoms with E-state index in [1.807, 2.05) is 6.92 Å². The standard InChI is InChI=1S/C44H69NO4/c1-26(2)38-35(47)24-44(20-21-45-25-28-10-8-9-11-28)19-15-33-30(39(38)44)12-13-37-42(33,6)18-16-36-41(4,5)29(14-17-43(36,37)7)22-34(46)31-23-32(27(31)3)40(48)49/h26-33,36-37,45H,8-25H2,1-7H3,(H,48,49). The van der Waals surface area contributed by atoms with Gasteiger partial charge in [0.1, 0.15) is 5.78 Å². The summed E-state index contributed by atoms with van der Waals surface area (Å²) in [7, 11) is 0. The van der Waals surface area contributed by atoms with Crippen LogP contribution in [0.5, 0.6) is 0 Å². The lowest BCUT2D eigenvalue weighted by molar-refractivity contribution is -0.193. The van der Waals surface area contributed by atoms with Crippen molar-refractivity contribution < 1.29 is 19.5 Å². The van der Waals surface area contributed by atoms with Crippen LogP contribution in [0.15, 0.2) is 11.1 Å². The number of hydrogen-bond donors (Lipinski definition) is 2. The fourth-order valence-corrected chi connectivity index (χ4v) is 15.0. The van der Waals surface area contributed by atoms with Crippen LogP contribution in [-0.4, -0.2) is 35.7 Å². The van der Waals surface area contributed by atoms with Gasteiger partial charge in [0, 0.05) is 24.2 Å². The molecule has 6 saturated carbocycles. The lowest BCUT2D eigenvalue weighted by Gasteiger charge is -2.69. The first-order chi connectivity index (χ1) is 23.1. The number of carbonyl (C=O) groups excluding carboxylic acids is 2. The Hall–Kier alpha value is -1.49. The van der Waals surface area contributed by atoms with Crippen LogP contribution in [0.3, 0.4) is 0 Å². The van der Waals surface area contributed by atoms with Crippen molar-refractivity contribution in [1.29, 1.82) is 0 Å². The Bertz CT molecular complexity index is 1360. The average molecular weight is 676 g/mol. The molecule has 0 aliphatic heterocycles. The van der Waals surface area contributed by atoms with E-state index in [-0.39, 0.29) is 34.0 Å². The summed E-state index contributed by atoms with van der Waals surface area (Å²) in [5, 5.41) is 13.4. The highest BCUT2D eigenvalue weighted by Gasteiger charge is 2.66. The highest BCUT2D eigenvalue weighted by atomic mass is 16.4. The fraction of sp³-hybridized carbons (Fsp3) is 0.886. The van der Waals surface area contributed by atoms with Gasteiger partial charge in [-0.1, -0.05) is 66.9 Å². The molecule has 7 rings (SSSR count). The average Bonchev–Trinajstić information content (AvgIpc) is 3.65. The Labute approximate surface area is 298 Å². The largest absolute Gasteiger partial charge is 0.481 e. The zero-order chi connectivity index (χ0) is 35.1. The zero-order valence-electron chi connectivity index (χ0n) is 32.2. The van der Waals surface area contributed by atoms with Gasteiger partial charge in [0.25, 0.3) is 0 Å². The maximum absolute atomic E-state index is 13.9. The van der Waals surface area contributed by atoms with E-state index >= 15 is 0 Å². The monoisotopic (exact) mass is 676 g/mol. The third-order valence-electron chi connectivity index (χ3n) is 17.6. The maximum atomic E-state index is 13.9. The molecule has 5 nitrogen and oxygen atoms in total. The lowest BCUT2D eigenvalue weighted by atomic mass is 9.35. The van der Waals surface area contributed by atoms with E-state index in [4.69, 9.17) is 0 Å². The highest BCUT2D eigenvalue weighted by molar-refractivity contribution is 6.00. The van der Waals surface area contributed by atoms with Crippen molar-refractivity contribution in [2.75, 3.05) is 13.1 Å². The Balaban J connectivity index is 1.08. The second-order valence-corrected chi connectivity index (χ2v) is 20.3. The van der Waals surface area contributed by atoms with Crippen molar-refractivity contribution in [3.63, 3.8) is 0 Å². The molecule has 0 aromatic carbocycles. The molecule has 7 aliphatic carbocycles. The van der Waals surface area contributed by atoms with Crippen molar-refractivity contribution in [2.45, 2.75) is 151 Å². The predicted octanol–water partition coefficient (Wildman–Crippen LogP) is 9.68. The summed E-state index contributed by atoms with van der Waals surface area (Å²) in [5.74, 6) is 3.70. The molecule has 11 unspecified atom stereocenters. The van der Waals surface area contributed by atoms with Crippen LogP contribution in [0.25, 0.3) is 0 Å². The van der Waals surface area contributed by atoms with Gasteiger partial charge in [-0.25, -0.2) is 0 Å². The Morgan fingerprint density at radius 3 is 2.27 bits per heavy atom. The van der Waals surface area contributed by atoms with Gasteiger partial charge < -0.3 is 10.4 Å². The second kappa shape index (κ2) is 12.9. The summed E-state index contributed by atoms with van der Waals surface area (Å²) < 4.78 is 0. The van der Waals surface area contributed by atoms with Gasteiger partial charge in [0.05, 0.1) is 5.92 Å². The van der Waals surface area contributed by atoms with Crippen molar-refractivity contribution in [2.24, 2.45) is 80.8 Å². The molecule has 0 aromatic rings. The van der Waals surface area contributed by atoms with E-state index in [0.29, 0.717) is 65.3 Å². The van der Waals surface area contributed by atoms with Gasteiger partial charge in [0.2, 0.25) is 0 Å². The van der Waals surface area contributed by atoms with E-state index in [1.165, 1.54) is 76.2 Å². The molecule has 0 bridgehead atoms. The van der Waals surface area contributed by atoms with Crippen LogP contribution >= 0.6 is 0 Å². The number of fused-ring (bicyclic) bond motifs is 7. The molecule has 11 atom stereocenters. The first-order valence-corrected chi connectivity index (χ1v) is 20.9. The number of carboxylic acid groups (broad SMARTS) is 1. The molecule has 6 fully saturated rings. The van der Waals surface area contributed by atoms with Crippen LogP contribution in [0.4, 0.5) is 0 Å². The van der Waals surface area contributed by atoms with Crippen LogP contribution in [0.1, 0.15) is 151 Å². The maximum Gasteiger partial charge on any atom is 0.306 e. The second-order valence-electron chi connectivity index (χ2n) is 20.3. The topological polar surface area (TPSA) is 83.5 Å². The molecule has 0 saturated heterocycles. The van der Waals surface area contributed by atoms with E-state index in [0.717, 1.165) is 38.3 Å². The molecule has 2 N–H and O–H groups in total. The normalized spacial score (nSPS) is 44.6. The number of carboxylic acids is 1. The van der Waals surface area contributed by atoms with Crippen LogP contribution < -0.4 is 5.32 Å². The van der Waals surface area contributed by atoms with E-state index in [2.05, 4.69) is 46.9 Å². The molecular weight excluding hydrogens is 606 g/mol. The van der Waals surface area contributed by atoms with Gasteiger partial charge in [0.15, 0.2) is 5.78 Å². The van der Waals surface area contributed by atoms with Gasteiger partial charge in [-0.05, 0) is 159 Å². The number of rotatable bonds is 10. The number of ketones is 2. The van der Waals surface area contributed by atoms with Crippen LogP contribution in [0, 0.1) is 80.8 Å². The summed E-state index contributed by atoms with van der Waals surface area (Å²) in [4.78, 5) is 39.0. The number of nitrogens with one attached hydrogen (secondary N) is 1. The van der Waals surface area contributed by atoms with Crippen LogP contribution in [-0.2, 0) is 14.4 Å². The summed E-state index contributed by atoms with van der Waals surface area (Å²) >= 11 is 0. The minimum absolute atomic E-state index is 0.0311. The molecule has 0 aromatic heterocycles. The number of aliphatic carboxylic acids is 1. The first kappa shape index (κ1) is 35.9. The van der Waals surface area contributed by atoms with Crippen molar-refractivity contribution in [3.8, 4) is 0 Å². The molecule has 5 heteroatoms. The minimum atomic E-state index is -0.739. The molecule has 0 amide bonds. The van der Waals surface area contributed by atoms with Gasteiger partial charge in [-0.15, -0.1) is 0 Å². The molecule has 0 radical (unpaired) electrons. The minimum Gasteiger partial charge on any atom is -0.481 e. The van der Waals surface area contributed by atoms with E-state index in [1.54, 1.807) is 5.57 Å². The van der Waals surface area contributed by atoms with E-state index in [9.17, 15) is 19.5 Å². The van der Waals surface area contributed by atoms with Crippen molar-refractivity contribution >= 4 is 17.5 Å². The molecule has 0 spiro atoms. The Kier molecular flexibility index (Phi) is 9.43. The Morgan fingerprint density at radius 1 is 0.878 bits per heavy atom. The van der Waals surface area contributed by atoms with Gasteiger partial charge in [-0.2, -0.15) is 0 Å². The summed E-state index contributed by atoms with van der Waals surface area (Å²) in [6.45, 7) is 19.0. The smallest absolute Gasteiger partial charge is 0.306 e. The molecular formula is C44H69NO4. The quantitative estimate of drug-likeness (QED) is 0.225. The number of Topliss-reactive ketones (excluding diaryl/α,β-unsaturated/α-hetero) is 2. The lowest BCUT2D eigenvalue weighted by Crippen LogP contribution is -2.62.